The van der Waals surface area contributed by atoms with Crippen molar-refractivity contribution in [2.45, 2.75) is 6.04 Å². The van der Waals surface area contributed by atoms with Crippen LogP contribution < -0.4 is 0 Å². The molecule has 0 aromatic carbocycles. The fraction of sp³-hybridized carbons (Fsp3) is 0.375. The number of aliphatic hydroxyl groups is 2. The van der Waals surface area contributed by atoms with Crippen molar-refractivity contribution in [3.05, 3.63) is 17.3 Å². The van der Waals surface area contributed by atoms with Crippen LogP contribution in [0, 0.1) is 4.64 Å². The van der Waals surface area contributed by atoms with E-state index in [1.54, 1.807) is 4.57 Å². The molecule has 2 heterocycles. The quantitative estimate of drug-likeness (QED) is 0.642. The van der Waals surface area contributed by atoms with Crippen LogP contribution >= 0.6 is 12.2 Å². The second-order valence-corrected chi connectivity index (χ2v) is 3.46. The molecule has 0 saturated heterocycles. The summed E-state index contributed by atoms with van der Waals surface area (Å²) < 4.78 is 2.05. The minimum absolute atomic E-state index is 0.162. The Morgan fingerprint density at radius 3 is 2.80 bits per heavy atom. The van der Waals surface area contributed by atoms with Crippen molar-refractivity contribution in [3.63, 3.8) is 0 Å². The molecule has 0 bridgehead atoms. The van der Waals surface area contributed by atoms with E-state index in [9.17, 15) is 0 Å². The maximum absolute atomic E-state index is 9.06. The lowest BCUT2D eigenvalue weighted by atomic mass is 10.3. The van der Waals surface area contributed by atoms with E-state index in [0.717, 1.165) is 0 Å². The predicted octanol–water partition coefficient (Wildman–Crippen LogP) is 0.0146. The van der Waals surface area contributed by atoms with Gasteiger partial charge in [0.15, 0.2) is 4.64 Å². The van der Waals surface area contributed by atoms with Crippen LogP contribution in [0.1, 0.15) is 6.04 Å². The molecule has 0 aliphatic rings. The van der Waals surface area contributed by atoms with Gasteiger partial charge in [0.2, 0.25) is 0 Å². The molecule has 2 rings (SSSR count). The number of aliphatic hydroxyl groups excluding tert-OH is 2. The zero-order valence-electron chi connectivity index (χ0n) is 7.79. The Morgan fingerprint density at radius 1 is 1.40 bits per heavy atom. The SMILES string of the molecule is OCC(CO)n1cnc2c(=S)nc[nH]c21. The van der Waals surface area contributed by atoms with Crippen LogP contribution in [0.2, 0.25) is 0 Å². The average Bonchev–Trinajstić information content (AvgIpc) is 2.66. The highest BCUT2D eigenvalue weighted by atomic mass is 32.1. The zero-order chi connectivity index (χ0) is 10.8. The van der Waals surface area contributed by atoms with Gasteiger partial charge < -0.3 is 19.8 Å². The predicted molar refractivity (Wildman–Crippen MR) is 55.9 cm³/mol. The summed E-state index contributed by atoms with van der Waals surface area (Å²) >= 11 is 4.99. The third-order valence-corrected chi connectivity index (χ3v) is 2.49. The van der Waals surface area contributed by atoms with Gasteiger partial charge in [0, 0.05) is 0 Å². The van der Waals surface area contributed by atoms with Crippen LogP contribution in [-0.4, -0.2) is 42.9 Å². The van der Waals surface area contributed by atoms with Gasteiger partial charge in [-0.25, -0.2) is 9.97 Å². The van der Waals surface area contributed by atoms with Gasteiger partial charge in [-0.1, -0.05) is 12.2 Å². The van der Waals surface area contributed by atoms with Crippen LogP contribution in [0.15, 0.2) is 12.7 Å². The monoisotopic (exact) mass is 226 g/mol. The molecular formula is C8H10N4O2S. The molecule has 3 N–H and O–H groups in total. The number of hydrogen-bond donors (Lipinski definition) is 3. The van der Waals surface area contributed by atoms with E-state index in [-0.39, 0.29) is 13.2 Å². The van der Waals surface area contributed by atoms with Crippen molar-refractivity contribution in [3.8, 4) is 0 Å². The first kappa shape index (κ1) is 10.2. The molecule has 0 aliphatic heterocycles. The van der Waals surface area contributed by atoms with Gasteiger partial charge in [0.05, 0.1) is 31.9 Å². The van der Waals surface area contributed by atoms with Gasteiger partial charge in [-0.2, -0.15) is 0 Å². The molecule has 0 spiro atoms. The van der Waals surface area contributed by atoms with Crippen LogP contribution in [0.4, 0.5) is 0 Å². The molecule has 2 aromatic rings. The summed E-state index contributed by atoms with van der Waals surface area (Å²) in [4.78, 5) is 10.9. The highest BCUT2D eigenvalue weighted by Gasteiger charge is 2.12. The van der Waals surface area contributed by atoms with Crippen molar-refractivity contribution in [1.29, 1.82) is 0 Å². The molecule has 2 aromatic heterocycles. The Balaban J connectivity index is 2.63. The Hall–Kier alpha value is -1.31. The van der Waals surface area contributed by atoms with Crippen molar-refractivity contribution in [2.24, 2.45) is 0 Å². The van der Waals surface area contributed by atoms with Gasteiger partial charge >= 0.3 is 0 Å². The Morgan fingerprint density at radius 2 is 2.13 bits per heavy atom. The molecule has 7 heteroatoms. The second kappa shape index (κ2) is 4.05. The van der Waals surface area contributed by atoms with Gasteiger partial charge in [-0.15, -0.1) is 0 Å². The van der Waals surface area contributed by atoms with E-state index in [2.05, 4.69) is 15.0 Å². The van der Waals surface area contributed by atoms with Gasteiger partial charge in [0.1, 0.15) is 11.2 Å². The summed E-state index contributed by atoms with van der Waals surface area (Å²) in [6.45, 7) is -0.324. The lowest BCUT2D eigenvalue weighted by Crippen LogP contribution is -2.16. The maximum Gasteiger partial charge on any atom is 0.157 e. The molecule has 0 radical (unpaired) electrons. The minimum Gasteiger partial charge on any atom is -0.394 e. The molecule has 0 atom stereocenters. The molecule has 0 fully saturated rings. The second-order valence-electron chi connectivity index (χ2n) is 3.08. The molecule has 15 heavy (non-hydrogen) atoms. The van der Waals surface area contributed by atoms with Gasteiger partial charge in [-0.05, 0) is 0 Å². The fourth-order valence-electron chi connectivity index (χ4n) is 1.38. The van der Waals surface area contributed by atoms with E-state index >= 15 is 0 Å². The van der Waals surface area contributed by atoms with Crippen LogP contribution in [-0.2, 0) is 0 Å². The molecule has 0 amide bonds. The van der Waals surface area contributed by atoms with Crippen LogP contribution in [0.5, 0.6) is 0 Å². The highest BCUT2D eigenvalue weighted by molar-refractivity contribution is 7.71. The van der Waals surface area contributed by atoms with Crippen molar-refractivity contribution in [1.82, 2.24) is 19.5 Å². The topological polar surface area (TPSA) is 87.0 Å². The number of H-pyrrole nitrogens is 1. The molecule has 0 saturated carbocycles. The zero-order valence-corrected chi connectivity index (χ0v) is 8.61. The van der Waals surface area contributed by atoms with Crippen molar-refractivity contribution >= 4 is 23.4 Å². The first-order chi connectivity index (χ1) is 7.27. The molecule has 80 valence electrons. The standard InChI is InChI=1S/C8H10N4O2S/c13-1-5(2-14)12-4-11-6-7(12)9-3-10-8(6)15/h3-5,13-14H,1-2H2,(H,9,10,15). The smallest absolute Gasteiger partial charge is 0.157 e. The van der Waals surface area contributed by atoms with E-state index in [4.69, 9.17) is 22.4 Å². The van der Waals surface area contributed by atoms with Crippen LogP contribution in [0.3, 0.4) is 0 Å². The Bertz CT molecular complexity index is 517. The Labute approximate surface area is 90.2 Å². The summed E-state index contributed by atoms with van der Waals surface area (Å²) in [7, 11) is 0. The van der Waals surface area contributed by atoms with E-state index < -0.39 is 6.04 Å². The number of aromatic nitrogens is 4. The largest absolute Gasteiger partial charge is 0.394 e. The first-order valence-corrected chi connectivity index (χ1v) is 4.80. The number of imidazole rings is 1. The summed E-state index contributed by atoms with van der Waals surface area (Å²) in [5, 5.41) is 18.1. The number of nitrogens with zero attached hydrogens (tertiary/aromatic N) is 3. The molecular weight excluding hydrogens is 216 g/mol. The number of fused-ring (bicyclic) bond motifs is 1. The summed E-state index contributed by atoms with van der Waals surface area (Å²) in [6, 6.07) is -0.414. The van der Waals surface area contributed by atoms with Crippen molar-refractivity contribution < 1.29 is 10.2 Å². The highest BCUT2D eigenvalue weighted by Crippen LogP contribution is 2.14. The molecule has 6 nitrogen and oxygen atoms in total. The number of aromatic amines is 1. The third kappa shape index (κ3) is 1.65. The fourth-order valence-corrected chi connectivity index (χ4v) is 1.59. The third-order valence-electron chi connectivity index (χ3n) is 2.19. The van der Waals surface area contributed by atoms with E-state index in [1.165, 1.54) is 12.7 Å². The van der Waals surface area contributed by atoms with Gasteiger partial charge in [-0.3, -0.25) is 0 Å². The summed E-state index contributed by atoms with van der Waals surface area (Å²) in [5.74, 6) is 0. The molecule has 0 aliphatic carbocycles. The Kier molecular flexibility index (Phi) is 2.76. The first-order valence-electron chi connectivity index (χ1n) is 4.40. The van der Waals surface area contributed by atoms with E-state index in [0.29, 0.717) is 15.8 Å². The lowest BCUT2D eigenvalue weighted by molar-refractivity contribution is 0.156. The maximum atomic E-state index is 9.06. The lowest BCUT2D eigenvalue weighted by Gasteiger charge is -2.12. The normalized spacial score (nSPS) is 11.4. The molecule has 0 unspecified atom stereocenters. The summed E-state index contributed by atoms with van der Waals surface area (Å²) in [6.07, 6.45) is 2.99. The minimum atomic E-state index is -0.414. The van der Waals surface area contributed by atoms with Crippen LogP contribution in [0.25, 0.3) is 11.2 Å². The van der Waals surface area contributed by atoms with E-state index in [1.807, 2.05) is 0 Å². The van der Waals surface area contributed by atoms with Gasteiger partial charge in [0.25, 0.3) is 0 Å². The van der Waals surface area contributed by atoms with Crippen molar-refractivity contribution in [2.75, 3.05) is 13.2 Å². The average molecular weight is 226 g/mol. The number of nitrogens with one attached hydrogen (secondary N) is 1. The number of hydrogen-bond acceptors (Lipinski definition) is 5. The summed E-state index contributed by atoms with van der Waals surface area (Å²) in [5.41, 5.74) is 1.22. The number of rotatable bonds is 3.